The standard InChI is InChI=1S/C16H12BN4/c1-9-6-7-13-12(8-9)17-16(19-13)21-15-11-5-3-2-4-10(11)14(18)20-15/h2-8H,1H3,(H2,18,19,20,21). The maximum Gasteiger partial charge on any atom is 0.246 e. The van der Waals surface area contributed by atoms with Gasteiger partial charge in [-0.15, -0.1) is 0 Å². The van der Waals surface area contributed by atoms with Gasteiger partial charge < -0.3 is 5.73 Å². The highest BCUT2D eigenvalue weighted by Gasteiger charge is 2.21. The summed E-state index contributed by atoms with van der Waals surface area (Å²) in [5, 5.41) is 0. The summed E-state index contributed by atoms with van der Waals surface area (Å²) in [7, 11) is 1.97. The molecule has 2 N–H and O–H groups in total. The van der Waals surface area contributed by atoms with Crippen LogP contribution in [-0.4, -0.2) is 24.7 Å². The summed E-state index contributed by atoms with van der Waals surface area (Å²) in [6, 6.07) is 14.0. The Kier molecular flexibility index (Phi) is 2.54. The lowest BCUT2D eigenvalue weighted by molar-refractivity contribution is 1.46. The van der Waals surface area contributed by atoms with Crippen molar-refractivity contribution in [2.45, 2.75) is 6.92 Å². The molecule has 2 aliphatic heterocycles. The van der Waals surface area contributed by atoms with Crippen molar-refractivity contribution in [3.05, 3.63) is 59.2 Å². The van der Waals surface area contributed by atoms with Crippen molar-refractivity contribution in [3.8, 4) is 0 Å². The number of hydrogen-bond donors (Lipinski definition) is 1. The van der Waals surface area contributed by atoms with E-state index < -0.39 is 0 Å². The van der Waals surface area contributed by atoms with Crippen LogP contribution in [0.5, 0.6) is 0 Å². The maximum atomic E-state index is 5.93. The molecule has 0 bridgehead atoms. The maximum absolute atomic E-state index is 5.93. The van der Waals surface area contributed by atoms with E-state index in [9.17, 15) is 0 Å². The van der Waals surface area contributed by atoms with Gasteiger partial charge >= 0.3 is 0 Å². The van der Waals surface area contributed by atoms with E-state index >= 15 is 0 Å². The molecular formula is C16H12BN4. The zero-order valence-corrected chi connectivity index (χ0v) is 11.5. The first-order valence-electron chi connectivity index (χ1n) is 6.77. The molecule has 0 saturated heterocycles. The highest BCUT2D eigenvalue weighted by molar-refractivity contribution is 6.88. The molecule has 4 rings (SSSR count). The fraction of sp³-hybridized carbons (Fsp3) is 0.0625. The first kappa shape index (κ1) is 12.1. The van der Waals surface area contributed by atoms with Crippen molar-refractivity contribution in [3.63, 3.8) is 0 Å². The molecule has 0 spiro atoms. The molecule has 0 aromatic heterocycles. The molecule has 0 unspecified atom stereocenters. The van der Waals surface area contributed by atoms with Gasteiger partial charge in [0, 0.05) is 11.1 Å². The van der Waals surface area contributed by atoms with E-state index in [1.54, 1.807) is 0 Å². The summed E-state index contributed by atoms with van der Waals surface area (Å²) in [4.78, 5) is 13.4. The molecule has 0 atom stereocenters. The lowest BCUT2D eigenvalue weighted by Gasteiger charge is -1.98. The Labute approximate surface area is 123 Å². The Hall–Kier alpha value is -2.69. The number of rotatable bonds is 0. The van der Waals surface area contributed by atoms with Crippen LogP contribution < -0.4 is 11.2 Å². The highest BCUT2D eigenvalue weighted by atomic mass is 15.0. The topological polar surface area (TPSA) is 63.1 Å². The second kappa shape index (κ2) is 4.41. The van der Waals surface area contributed by atoms with Crippen LogP contribution in [0.1, 0.15) is 16.7 Å². The van der Waals surface area contributed by atoms with Gasteiger partial charge in [0.05, 0.1) is 11.4 Å². The zero-order chi connectivity index (χ0) is 14.4. The molecule has 0 saturated carbocycles. The normalized spacial score (nSPS) is 17.1. The van der Waals surface area contributed by atoms with Gasteiger partial charge in [-0.1, -0.05) is 47.4 Å². The summed E-state index contributed by atoms with van der Waals surface area (Å²) in [5.41, 5.74) is 11.7. The summed E-state index contributed by atoms with van der Waals surface area (Å²) in [6.45, 7) is 2.07. The third-order valence-corrected chi connectivity index (χ3v) is 3.59. The van der Waals surface area contributed by atoms with E-state index in [1.807, 2.05) is 43.7 Å². The van der Waals surface area contributed by atoms with Gasteiger partial charge in [0.1, 0.15) is 5.84 Å². The zero-order valence-electron chi connectivity index (χ0n) is 11.5. The number of amidine groups is 3. The van der Waals surface area contributed by atoms with Crippen molar-refractivity contribution in [1.29, 1.82) is 0 Å². The van der Waals surface area contributed by atoms with Gasteiger partial charge in [-0.3, -0.25) is 0 Å². The summed E-state index contributed by atoms with van der Waals surface area (Å²) >= 11 is 0. The van der Waals surface area contributed by atoms with Crippen LogP contribution in [0, 0.1) is 6.92 Å². The molecular weight excluding hydrogens is 259 g/mol. The molecule has 0 aliphatic carbocycles. The number of fused-ring (bicyclic) bond motifs is 2. The number of aryl methyl sites for hydroxylation is 1. The van der Waals surface area contributed by atoms with Gasteiger partial charge in [0.2, 0.25) is 7.28 Å². The molecule has 1 radical (unpaired) electrons. The fourth-order valence-electron chi connectivity index (χ4n) is 2.57. The molecule has 2 heterocycles. The quantitative estimate of drug-likeness (QED) is 0.725. The SMILES string of the molecule is Cc1ccc2c(c1)[B]C(/N=C1\N=C(N)c3ccccc31)=N2. The molecule has 2 aliphatic rings. The molecule has 2 aromatic carbocycles. The second-order valence-corrected chi connectivity index (χ2v) is 5.15. The monoisotopic (exact) mass is 271 g/mol. The Morgan fingerprint density at radius 3 is 2.71 bits per heavy atom. The van der Waals surface area contributed by atoms with Crippen molar-refractivity contribution < 1.29 is 0 Å². The van der Waals surface area contributed by atoms with Crippen molar-refractivity contribution in [2.75, 3.05) is 0 Å². The van der Waals surface area contributed by atoms with Crippen molar-refractivity contribution >= 4 is 35.8 Å². The van der Waals surface area contributed by atoms with Gasteiger partial charge in [0.25, 0.3) is 0 Å². The van der Waals surface area contributed by atoms with E-state index in [2.05, 4.69) is 28.0 Å². The Balaban J connectivity index is 1.72. The molecule has 21 heavy (non-hydrogen) atoms. The Morgan fingerprint density at radius 1 is 1.05 bits per heavy atom. The smallest absolute Gasteiger partial charge is 0.246 e. The van der Waals surface area contributed by atoms with E-state index in [4.69, 9.17) is 5.73 Å². The fourth-order valence-corrected chi connectivity index (χ4v) is 2.57. The van der Waals surface area contributed by atoms with E-state index in [1.165, 1.54) is 5.56 Å². The third kappa shape index (κ3) is 1.98. The van der Waals surface area contributed by atoms with Gasteiger partial charge in [-0.25, -0.2) is 15.0 Å². The minimum Gasteiger partial charge on any atom is -0.383 e. The first-order valence-corrected chi connectivity index (χ1v) is 6.77. The van der Waals surface area contributed by atoms with E-state index in [0.717, 1.165) is 22.3 Å². The Morgan fingerprint density at radius 2 is 1.86 bits per heavy atom. The predicted molar refractivity (Wildman–Crippen MR) is 87.4 cm³/mol. The van der Waals surface area contributed by atoms with Crippen molar-refractivity contribution in [2.24, 2.45) is 20.7 Å². The third-order valence-electron chi connectivity index (χ3n) is 3.59. The molecule has 2 aromatic rings. The lowest BCUT2D eigenvalue weighted by atomic mass is 9.70. The van der Waals surface area contributed by atoms with Crippen molar-refractivity contribution in [1.82, 2.24) is 0 Å². The number of nitrogens with zero attached hydrogens (tertiary/aromatic N) is 3. The minimum absolute atomic E-state index is 0.510. The average molecular weight is 271 g/mol. The number of aliphatic imine (C=N–C) groups is 3. The van der Waals surface area contributed by atoms with Crippen LogP contribution >= 0.6 is 0 Å². The summed E-state index contributed by atoms with van der Waals surface area (Å²) in [5.74, 6) is 1.14. The van der Waals surface area contributed by atoms with Crippen LogP contribution in [0.15, 0.2) is 57.4 Å². The molecule has 0 fully saturated rings. The first-order chi connectivity index (χ1) is 10.2. The molecule has 0 amide bonds. The van der Waals surface area contributed by atoms with Gasteiger partial charge in [0.15, 0.2) is 5.84 Å². The summed E-state index contributed by atoms with van der Waals surface area (Å²) in [6.07, 6.45) is 0. The Bertz CT molecular complexity index is 849. The average Bonchev–Trinajstić information content (AvgIpc) is 3.01. The van der Waals surface area contributed by atoms with Gasteiger partial charge in [-0.2, -0.15) is 0 Å². The number of benzene rings is 2. The largest absolute Gasteiger partial charge is 0.383 e. The molecule has 5 heteroatoms. The minimum atomic E-state index is 0.510. The predicted octanol–water partition coefficient (Wildman–Crippen LogP) is 1.49. The molecule has 4 nitrogen and oxygen atoms in total. The van der Waals surface area contributed by atoms with Crippen LogP contribution in [-0.2, 0) is 0 Å². The van der Waals surface area contributed by atoms with Crippen LogP contribution in [0.4, 0.5) is 5.69 Å². The van der Waals surface area contributed by atoms with Gasteiger partial charge in [-0.05, 0) is 13.0 Å². The summed E-state index contributed by atoms with van der Waals surface area (Å²) < 4.78 is 0. The van der Waals surface area contributed by atoms with E-state index in [0.29, 0.717) is 17.4 Å². The van der Waals surface area contributed by atoms with Crippen LogP contribution in [0.25, 0.3) is 0 Å². The molecule has 99 valence electrons. The van der Waals surface area contributed by atoms with E-state index in [-0.39, 0.29) is 0 Å². The number of hydrogen-bond acceptors (Lipinski definition) is 3. The van der Waals surface area contributed by atoms with Crippen LogP contribution in [0.2, 0.25) is 0 Å². The second-order valence-electron chi connectivity index (χ2n) is 5.15. The number of nitrogens with two attached hydrogens (primary N) is 1. The highest BCUT2D eigenvalue weighted by Crippen LogP contribution is 2.20. The van der Waals surface area contributed by atoms with Crippen LogP contribution in [0.3, 0.4) is 0 Å². The lowest BCUT2D eigenvalue weighted by Crippen LogP contribution is -2.17.